The summed E-state index contributed by atoms with van der Waals surface area (Å²) in [6, 6.07) is 2.09. The molecule has 0 spiro atoms. The lowest BCUT2D eigenvalue weighted by Gasteiger charge is -2.14. The number of hydrogen-bond acceptors (Lipinski definition) is 7. The average molecular weight is 314 g/mol. The summed E-state index contributed by atoms with van der Waals surface area (Å²) in [5.41, 5.74) is 0.874. The van der Waals surface area contributed by atoms with Gasteiger partial charge in [0.05, 0.1) is 11.7 Å². The molecule has 0 aliphatic carbocycles. The van der Waals surface area contributed by atoms with Crippen molar-refractivity contribution in [2.45, 2.75) is 32.4 Å². The van der Waals surface area contributed by atoms with E-state index in [4.69, 9.17) is 29.1 Å². The van der Waals surface area contributed by atoms with Crippen LogP contribution in [0.25, 0.3) is 0 Å². The fraction of sp³-hybridized carbons (Fsp3) is 0.538. The van der Waals surface area contributed by atoms with E-state index < -0.39 is 11.9 Å². The lowest BCUT2D eigenvalue weighted by atomic mass is 10.1. The van der Waals surface area contributed by atoms with E-state index in [1.165, 1.54) is 6.92 Å². The first-order valence-corrected chi connectivity index (χ1v) is 6.47. The number of carbonyl (C=O) groups is 3. The fourth-order valence-electron chi connectivity index (χ4n) is 2.15. The molecule has 1 fully saturated rings. The fourth-order valence-corrected chi connectivity index (χ4v) is 2.15. The first kappa shape index (κ1) is 17.6. The predicted molar refractivity (Wildman–Crippen MR) is 72.1 cm³/mol. The van der Waals surface area contributed by atoms with Gasteiger partial charge >= 0.3 is 17.9 Å². The zero-order valence-electron chi connectivity index (χ0n) is 12.5. The van der Waals surface area contributed by atoms with Gasteiger partial charge in [0.1, 0.15) is 6.10 Å². The molecule has 1 aliphatic heterocycles. The first-order valence-electron chi connectivity index (χ1n) is 6.47. The predicted octanol–water partition coefficient (Wildman–Crippen LogP) is 0.447. The van der Waals surface area contributed by atoms with E-state index in [9.17, 15) is 4.79 Å². The van der Waals surface area contributed by atoms with Crippen molar-refractivity contribution in [3.05, 3.63) is 17.5 Å². The summed E-state index contributed by atoms with van der Waals surface area (Å²) < 4.78 is 10.4. The highest BCUT2D eigenvalue weighted by Gasteiger charge is 2.34. The molecule has 2 N–H and O–H groups in total. The van der Waals surface area contributed by atoms with Gasteiger partial charge in [0.15, 0.2) is 5.76 Å². The first-order chi connectivity index (χ1) is 10.2. The van der Waals surface area contributed by atoms with Crippen molar-refractivity contribution in [1.29, 1.82) is 0 Å². The van der Waals surface area contributed by atoms with E-state index in [0.717, 1.165) is 24.4 Å². The van der Waals surface area contributed by atoms with Gasteiger partial charge in [0, 0.05) is 26.0 Å². The van der Waals surface area contributed by atoms with E-state index in [2.05, 4.69) is 10.1 Å². The normalized spacial score (nSPS) is 20.9. The minimum Gasteiger partial charge on any atom is -0.473 e. The molecular weight excluding hydrogens is 296 g/mol. The van der Waals surface area contributed by atoms with Crippen LogP contribution >= 0.6 is 0 Å². The minimum atomic E-state index is -1.82. The van der Waals surface area contributed by atoms with Crippen molar-refractivity contribution in [3.8, 4) is 0 Å². The number of nitrogens with zero attached hydrogens (tertiary/aromatic N) is 2. The number of aliphatic carboxylic acids is 2. The third-order valence-corrected chi connectivity index (χ3v) is 3.00. The number of hydrogen-bond donors (Lipinski definition) is 2. The van der Waals surface area contributed by atoms with Crippen LogP contribution in [0, 0.1) is 6.92 Å². The van der Waals surface area contributed by atoms with E-state index in [1.54, 1.807) is 0 Å². The molecule has 1 aliphatic rings. The maximum atomic E-state index is 10.9. The van der Waals surface area contributed by atoms with Crippen LogP contribution in [0.15, 0.2) is 10.6 Å². The molecule has 0 amide bonds. The van der Waals surface area contributed by atoms with Crippen molar-refractivity contribution in [2.75, 3.05) is 13.6 Å². The highest BCUT2D eigenvalue weighted by molar-refractivity contribution is 6.27. The Kier molecular flexibility index (Phi) is 6.05. The monoisotopic (exact) mass is 314 g/mol. The summed E-state index contributed by atoms with van der Waals surface area (Å²) >= 11 is 0. The molecule has 0 unspecified atom stereocenters. The van der Waals surface area contributed by atoms with Gasteiger partial charge in [-0.05, 0) is 14.0 Å². The molecule has 9 nitrogen and oxygen atoms in total. The van der Waals surface area contributed by atoms with Gasteiger partial charge < -0.3 is 19.5 Å². The number of rotatable bonds is 2. The number of carbonyl (C=O) groups excluding carboxylic acids is 1. The number of carboxylic acids is 2. The zero-order valence-corrected chi connectivity index (χ0v) is 12.5. The Hall–Kier alpha value is -2.42. The van der Waals surface area contributed by atoms with E-state index in [-0.39, 0.29) is 18.1 Å². The summed E-state index contributed by atoms with van der Waals surface area (Å²) in [4.78, 5) is 31.2. The number of likely N-dealkylation sites (N-methyl/N-ethyl adjacent to an activating group) is 1. The van der Waals surface area contributed by atoms with Crippen molar-refractivity contribution in [3.63, 3.8) is 0 Å². The van der Waals surface area contributed by atoms with Crippen LogP contribution in [0.1, 0.15) is 30.8 Å². The molecule has 0 radical (unpaired) electrons. The molecule has 1 aromatic heterocycles. The van der Waals surface area contributed by atoms with Gasteiger partial charge in [-0.2, -0.15) is 0 Å². The van der Waals surface area contributed by atoms with Crippen molar-refractivity contribution in [1.82, 2.24) is 10.1 Å². The van der Waals surface area contributed by atoms with Crippen LogP contribution < -0.4 is 0 Å². The molecule has 122 valence electrons. The topological polar surface area (TPSA) is 130 Å². The Morgan fingerprint density at radius 1 is 1.36 bits per heavy atom. The SMILES string of the molecule is CC(=O)O[C@H]1C[C@H](c2cc(C)no2)N(C)C1.O=C(O)C(=O)O. The van der Waals surface area contributed by atoms with Crippen LogP contribution in [0.2, 0.25) is 0 Å². The van der Waals surface area contributed by atoms with Gasteiger partial charge in [-0.1, -0.05) is 5.16 Å². The summed E-state index contributed by atoms with van der Waals surface area (Å²) in [6.45, 7) is 4.07. The summed E-state index contributed by atoms with van der Waals surface area (Å²) in [6.07, 6.45) is 0.725. The van der Waals surface area contributed by atoms with E-state index in [1.807, 2.05) is 20.0 Å². The van der Waals surface area contributed by atoms with E-state index in [0.29, 0.717) is 0 Å². The third-order valence-electron chi connectivity index (χ3n) is 3.00. The van der Waals surface area contributed by atoms with Crippen molar-refractivity contribution in [2.24, 2.45) is 0 Å². The Labute approximate surface area is 126 Å². The van der Waals surface area contributed by atoms with Crippen LogP contribution in [-0.4, -0.2) is 57.9 Å². The molecular formula is C13H18N2O7. The largest absolute Gasteiger partial charge is 0.473 e. The molecule has 2 heterocycles. The molecule has 1 saturated heterocycles. The summed E-state index contributed by atoms with van der Waals surface area (Å²) in [5, 5.41) is 18.7. The summed E-state index contributed by atoms with van der Waals surface area (Å²) in [5.74, 6) is -3.03. The van der Waals surface area contributed by atoms with Gasteiger partial charge in [-0.3, -0.25) is 9.69 Å². The Morgan fingerprint density at radius 2 is 1.95 bits per heavy atom. The van der Waals surface area contributed by atoms with Crippen LogP contribution in [0.4, 0.5) is 0 Å². The number of aromatic nitrogens is 1. The number of ether oxygens (including phenoxy) is 1. The van der Waals surface area contributed by atoms with E-state index >= 15 is 0 Å². The second kappa shape index (κ2) is 7.55. The van der Waals surface area contributed by atoms with Gasteiger partial charge in [0.2, 0.25) is 0 Å². The molecule has 0 bridgehead atoms. The Morgan fingerprint density at radius 3 is 2.36 bits per heavy atom. The minimum absolute atomic E-state index is 0.0436. The molecule has 0 saturated carbocycles. The molecule has 22 heavy (non-hydrogen) atoms. The summed E-state index contributed by atoms with van der Waals surface area (Å²) in [7, 11) is 1.99. The number of aryl methyl sites for hydroxylation is 1. The quantitative estimate of drug-likeness (QED) is 0.590. The smallest absolute Gasteiger partial charge is 0.414 e. The molecule has 1 aromatic rings. The molecule has 2 atom stereocenters. The molecule has 9 heteroatoms. The number of likely N-dealkylation sites (tertiary alicyclic amines) is 1. The van der Waals surface area contributed by atoms with Crippen LogP contribution in [0.3, 0.4) is 0 Å². The number of esters is 1. The maximum absolute atomic E-state index is 10.9. The number of carboxylic acid groups (broad SMARTS) is 2. The van der Waals surface area contributed by atoms with Gasteiger partial charge in [-0.15, -0.1) is 0 Å². The maximum Gasteiger partial charge on any atom is 0.414 e. The highest BCUT2D eigenvalue weighted by atomic mass is 16.5. The average Bonchev–Trinajstić information content (AvgIpc) is 2.95. The Bertz CT molecular complexity index is 542. The van der Waals surface area contributed by atoms with Crippen LogP contribution in [0.5, 0.6) is 0 Å². The van der Waals surface area contributed by atoms with Crippen LogP contribution in [-0.2, 0) is 19.1 Å². The molecule has 0 aromatic carbocycles. The third kappa shape index (κ3) is 5.17. The Balaban J connectivity index is 0.000000346. The second-order valence-electron chi connectivity index (χ2n) is 4.90. The standard InChI is InChI=1S/C11H16N2O3.C2H2O4/c1-7-4-11(16-12-7)10-5-9(6-13(10)3)15-8(2)14;3-1(4)2(5)6/h4,9-10H,5-6H2,1-3H3;(H,3,4)(H,5,6)/t9-,10+;/m0./s1. The zero-order chi connectivity index (χ0) is 16.9. The lowest BCUT2D eigenvalue weighted by molar-refractivity contribution is -0.159. The van der Waals surface area contributed by atoms with Gasteiger partial charge in [0.25, 0.3) is 0 Å². The van der Waals surface area contributed by atoms with Crippen molar-refractivity contribution < 1.29 is 33.9 Å². The van der Waals surface area contributed by atoms with Gasteiger partial charge in [-0.25, -0.2) is 9.59 Å². The lowest BCUT2D eigenvalue weighted by Crippen LogP contribution is -2.21. The highest BCUT2D eigenvalue weighted by Crippen LogP contribution is 2.32. The van der Waals surface area contributed by atoms with Crippen molar-refractivity contribution >= 4 is 17.9 Å². The second-order valence-corrected chi connectivity index (χ2v) is 4.90. The molecule has 2 rings (SSSR count).